The minimum Gasteiger partial charge on any atom is -0.0807 e. The van der Waals surface area contributed by atoms with Crippen molar-refractivity contribution >= 4 is 6.08 Å². The van der Waals surface area contributed by atoms with Crippen LogP contribution in [0.25, 0.3) is 6.08 Å². The Morgan fingerprint density at radius 1 is 1.23 bits per heavy atom. The molecule has 0 heterocycles. The van der Waals surface area contributed by atoms with Gasteiger partial charge in [-0.25, -0.2) is 0 Å². The third kappa shape index (κ3) is 1.53. The van der Waals surface area contributed by atoms with Gasteiger partial charge in [0.15, 0.2) is 0 Å². The summed E-state index contributed by atoms with van der Waals surface area (Å²) in [6.45, 7) is 6.65. The Morgan fingerprint density at radius 2 is 2.00 bits per heavy atom. The Kier molecular flexibility index (Phi) is 1.99. The van der Waals surface area contributed by atoms with Gasteiger partial charge < -0.3 is 0 Å². The predicted molar refractivity (Wildman–Crippen MR) is 57.8 cm³/mol. The van der Waals surface area contributed by atoms with Gasteiger partial charge in [-0.2, -0.15) is 0 Å². The van der Waals surface area contributed by atoms with Crippen molar-refractivity contribution in [3.05, 3.63) is 40.5 Å². The highest BCUT2D eigenvalue weighted by molar-refractivity contribution is 5.61. The fourth-order valence-corrected chi connectivity index (χ4v) is 2.15. The van der Waals surface area contributed by atoms with Crippen LogP contribution in [-0.4, -0.2) is 0 Å². The van der Waals surface area contributed by atoms with Crippen LogP contribution < -0.4 is 0 Å². The summed E-state index contributed by atoms with van der Waals surface area (Å²) in [4.78, 5) is 0. The fraction of sp³-hybridized carbons (Fsp3) is 0.385. The summed E-state index contributed by atoms with van der Waals surface area (Å²) in [5, 5.41) is 0. The van der Waals surface area contributed by atoms with Gasteiger partial charge in [-0.05, 0) is 42.9 Å². The maximum Gasteiger partial charge on any atom is -0.0198 e. The average Bonchev–Trinajstić information content (AvgIpc) is 2.02. The third-order valence-electron chi connectivity index (χ3n) is 2.75. The summed E-state index contributed by atoms with van der Waals surface area (Å²) in [6, 6.07) is 4.58. The summed E-state index contributed by atoms with van der Waals surface area (Å²) >= 11 is 0. The summed E-state index contributed by atoms with van der Waals surface area (Å²) in [5.74, 6) is 0.702. The van der Waals surface area contributed by atoms with Crippen molar-refractivity contribution in [2.24, 2.45) is 5.92 Å². The molecule has 0 N–H and O–H groups in total. The van der Waals surface area contributed by atoms with Crippen LogP contribution in [-0.2, 0) is 6.42 Å². The standard InChI is InChI=1S/C13H16/c1-9-4-5-13-11(3)6-10(2)8-12(13)7-9/h4-6,8-9H,7H2,1-3H3. The molecule has 0 amide bonds. The number of aryl methyl sites for hydroxylation is 2. The highest BCUT2D eigenvalue weighted by Crippen LogP contribution is 2.26. The SMILES string of the molecule is Cc1cc(C)c2c(c1)CC(C)C=C2. The van der Waals surface area contributed by atoms with Crippen LogP contribution in [0.5, 0.6) is 0 Å². The summed E-state index contributed by atoms with van der Waals surface area (Å²) in [6.07, 6.45) is 5.79. The number of hydrogen-bond acceptors (Lipinski definition) is 0. The maximum absolute atomic E-state index is 2.32. The van der Waals surface area contributed by atoms with Gasteiger partial charge in [0.2, 0.25) is 0 Å². The van der Waals surface area contributed by atoms with Gasteiger partial charge >= 0.3 is 0 Å². The van der Waals surface area contributed by atoms with E-state index in [1.165, 1.54) is 28.7 Å². The molecule has 1 aliphatic carbocycles. The van der Waals surface area contributed by atoms with Crippen LogP contribution in [0, 0.1) is 19.8 Å². The van der Waals surface area contributed by atoms with E-state index in [1.54, 1.807) is 0 Å². The monoisotopic (exact) mass is 172 g/mol. The van der Waals surface area contributed by atoms with Gasteiger partial charge in [0.25, 0.3) is 0 Å². The van der Waals surface area contributed by atoms with E-state index >= 15 is 0 Å². The molecule has 2 rings (SSSR count). The van der Waals surface area contributed by atoms with Crippen LogP contribution in [0.4, 0.5) is 0 Å². The van der Waals surface area contributed by atoms with Crippen molar-refractivity contribution in [2.75, 3.05) is 0 Å². The van der Waals surface area contributed by atoms with Crippen LogP contribution in [0.2, 0.25) is 0 Å². The normalized spacial score (nSPS) is 20.1. The molecular formula is C13H16. The highest BCUT2D eigenvalue weighted by Gasteiger charge is 2.11. The van der Waals surface area contributed by atoms with E-state index in [9.17, 15) is 0 Å². The zero-order valence-corrected chi connectivity index (χ0v) is 8.59. The molecule has 0 radical (unpaired) electrons. The van der Waals surface area contributed by atoms with Crippen molar-refractivity contribution in [3.63, 3.8) is 0 Å². The van der Waals surface area contributed by atoms with Gasteiger partial charge in [-0.1, -0.05) is 36.8 Å². The largest absolute Gasteiger partial charge is 0.0807 e. The molecule has 1 aromatic carbocycles. The van der Waals surface area contributed by atoms with Crippen LogP contribution in [0.15, 0.2) is 18.2 Å². The smallest absolute Gasteiger partial charge is 0.0198 e. The Bertz CT molecular complexity index is 359. The van der Waals surface area contributed by atoms with Crippen LogP contribution in [0.3, 0.4) is 0 Å². The fourth-order valence-electron chi connectivity index (χ4n) is 2.15. The number of rotatable bonds is 0. The van der Waals surface area contributed by atoms with E-state index in [1.807, 2.05) is 0 Å². The molecule has 1 aliphatic rings. The van der Waals surface area contributed by atoms with Gasteiger partial charge in [0.1, 0.15) is 0 Å². The zero-order chi connectivity index (χ0) is 9.42. The van der Waals surface area contributed by atoms with Gasteiger partial charge in [-0.15, -0.1) is 0 Å². The van der Waals surface area contributed by atoms with E-state index in [-0.39, 0.29) is 0 Å². The Labute approximate surface area is 80.3 Å². The first-order chi connectivity index (χ1) is 6.16. The number of benzene rings is 1. The average molecular weight is 172 g/mol. The molecular weight excluding hydrogens is 156 g/mol. The Morgan fingerprint density at radius 3 is 2.77 bits per heavy atom. The van der Waals surface area contributed by atoms with E-state index in [4.69, 9.17) is 0 Å². The number of fused-ring (bicyclic) bond motifs is 1. The second kappa shape index (κ2) is 3.02. The summed E-state index contributed by atoms with van der Waals surface area (Å²) in [5.41, 5.74) is 5.77. The van der Waals surface area contributed by atoms with Crippen molar-refractivity contribution in [1.82, 2.24) is 0 Å². The third-order valence-corrected chi connectivity index (χ3v) is 2.75. The molecule has 1 unspecified atom stereocenters. The minimum atomic E-state index is 0.702. The lowest BCUT2D eigenvalue weighted by molar-refractivity contribution is 0.716. The number of allylic oxidation sites excluding steroid dienone is 1. The van der Waals surface area contributed by atoms with Crippen molar-refractivity contribution < 1.29 is 0 Å². The molecule has 0 saturated heterocycles. The molecule has 1 aromatic rings. The molecule has 0 saturated carbocycles. The molecule has 1 atom stereocenters. The number of hydrogen-bond donors (Lipinski definition) is 0. The van der Waals surface area contributed by atoms with Gasteiger partial charge in [0, 0.05) is 0 Å². The molecule has 0 bridgehead atoms. The molecule has 0 heteroatoms. The second-order valence-corrected chi connectivity index (χ2v) is 4.20. The zero-order valence-electron chi connectivity index (χ0n) is 8.59. The van der Waals surface area contributed by atoms with E-state index in [0.717, 1.165) is 0 Å². The van der Waals surface area contributed by atoms with E-state index in [0.29, 0.717) is 5.92 Å². The Balaban J connectivity index is 2.56. The first-order valence-electron chi connectivity index (χ1n) is 4.95. The molecule has 0 aromatic heterocycles. The van der Waals surface area contributed by atoms with Crippen LogP contribution in [0.1, 0.15) is 29.2 Å². The summed E-state index contributed by atoms with van der Waals surface area (Å²) < 4.78 is 0. The van der Waals surface area contributed by atoms with E-state index < -0.39 is 0 Å². The molecule has 68 valence electrons. The first-order valence-corrected chi connectivity index (χ1v) is 4.95. The molecule has 0 aliphatic heterocycles. The summed E-state index contributed by atoms with van der Waals surface area (Å²) in [7, 11) is 0. The minimum absolute atomic E-state index is 0.702. The molecule has 0 spiro atoms. The molecule has 0 nitrogen and oxygen atoms in total. The Hall–Kier alpha value is -1.04. The lowest BCUT2D eigenvalue weighted by Gasteiger charge is -2.18. The van der Waals surface area contributed by atoms with Crippen molar-refractivity contribution in [2.45, 2.75) is 27.2 Å². The molecule has 13 heavy (non-hydrogen) atoms. The quantitative estimate of drug-likeness (QED) is 0.561. The van der Waals surface area contributed by atoms with Crippen molar-refractivity contribution in [1.29, 1.82) is 0 Å². The van der Waals surface area contributed by atoms with E-state index in [2.05, 4.69) is 45.1 Å². The van der Waals surface area contributed by atoms with Crippen molar-refractivity contribution in [3.8, 4) is 0 Å². The maximum atomic E-state index is 2.32. The van der Waals surface area contributed by atoms with Gasteiger partial charge in [-0.3, -0.25) is 0 Å². The lowest BCUT2D eigenvalue weighted by atomic mass is 9.87. The van der Waals surface area contributed by atoms with Gasteiger partial charge in [0.05, 0.1) is 0 Å². The second-order valence-electron chi connectivity index (χ2n) is 4.20. The topological polar surface area (TPSA) is 0 Å². The molecule has 0 fully saturated rings. The van der Waals surface area contributed by atoms with Crippen LogP contribution >= 0.6 is 0 Å². The lowest BCUT2D eigenvalue weighted by Crippen LogP contribution is -2.04. The predicted octanol–water partition coefficient (Wildman–Crippen LogP) is 3.51. The highest BCUT2D eigenvalue weighted by atomic mass is 14.2. The first kappa shape index (κ1) is 8.55.